The van der Waals surface area contributed by atoms with Gasteiger partial charge in [-0.3, -0.25) is 15.0 Å². The molecular weight excluding hydrogens is 318 g/mol. The van der Waals surface area contributed by atoms with Gasteiger partial charge in [-0.15, -0.1) is 0 Å². The first-order valence-corrected chi connectivity index (χ1v) is 8.44. The molecule has 4 heteroatoms. The predicted octanol–water partition coefficient (Wildman–Crippen LogP) is 6.26. The monoisotopic (exact) mass is 345 g/mol. The summed E-state index contributed by atoms with van der Waals surface area (Å²) >= 11 is 5.48. The molecule has 0 aliphatic heterocycles. The molecule has 0 atom stereocenters. The van der Waals surface area contributed by atoms with Crippen molar-refractivity contribution < 1.29 is 0 Å². The summed E-state index contributed by atoms with van der Waals surface area (Å²) in [5, 5.41) is 0.683. The van der Waals surface area contributed by atoms with Crippen molar-refractivity contribution in [2.45, 2.75) is 34.6 Å². The van der Waals surface area contributed by atoms with Gasteiger partial charge in [0.1, 0.15) is 0 Å². The van der Waals surface area contributed by atoms with Crippen LogP contribution in [0.5, 0.6) is 0 Å². The summed E-state index contributed by atoms with van der Waals surface area (Å²) in [6, 6.07) is 13.2. The van der Waals surface area contributed by atoms with E-state index in [4.69, 9.17) is 11.6 Å². The Labute approximate surface area is 151 Å². The number of hydrogen-bond donors (Lipinski definition) is 0. The fourth-order valence-electron chi connectivity index (χ4n) is 1.10. The Morgan fingerprint density at radius 1 is 0.625 bits per heavy atom. The molecule has 3 nitrogen and oxygen atoms in total. The molecular formula is C20H28ClN3. The van der Waals surface area contributed by atoms with E-state index in [2.05, 4.69) is 15.0 Å². The topological polar surface area (TPSA) is 38.7 Å². The second-order valence-electron chi connectivity index (χ2n) is 3.73. The van der Waals surface area contributed by atoms with E-state index >= 15 is 0 Å². The third-order valence-corrected chi connectivity index (χ3v) is 2.22. The Morgan fingerprint density at radius 2 is 1.12 bits per heavy atom. The van der Waals surface area contributed by atoms with Gasteiger partial charge < -0.3 is 0 Å². The number of hydrogen-bond acceptors (Lipinski definition) is 3. The molecule has 0 amide bonds. The van der Waals surface area contributed by atoms with Gasteiger partial charge in [0.25, 0.3) is 0 Å². The zero-order chi connectivity index (χ0) is 18.5. The third kappa shape index (κ3) is 17.8. The van der Waals surface area contributed by atoms with Gasteiger partial charge in [0.05, 0.1) is 5.02 Å². The number of aryl methyl sites for hydroxylation is 1. The van der Waals surface area contributed by atoms with Crippen LogP contribution in [0.3, 0.4) is 0 Å². The lowest BCUT2D eigenvalue weighted by Crippen LogP contribution is -1.69. The third-order valence-electron chi connectivity index (χ3n) is 2.00. The summed E-state index contributed by atoms with van der Waals surface area (Å²) in [6.45, 7) is 10.0. The Morgan fingerprint density at radius 3 is 1.29 bits per heavy atom. The van der Waals surface area contributed by atoms with Gasteiger partial charge in [-0.1, -0.05) is 51.4 Å². The Hall–Kier alpha value is -2.26. The summed E-state index contributed by atoms with van der Waals surface area (Å²) < 4.78 is 0. The summed E-state index contributed by atoms with van der Waals surface area (Å²) in [7, 11) is 0. The molecule has 0 radical (unpaired) electrons. The van der Waals surface area contributed by atoms with Crippen molar-refractivity contribution in [3.63, 3.8) is 0 Å². The minimum atomic E-state index is 0.683. The number of aromatic nitrogens is 3. The zero-order valence-corrected chi connectivity index (χ0v) is 16.0. The molecule has 3 rings (SSSR count). The van der Waals surface area contributed by atoms with Crippen molar-refractivity contribution in [3.05, 3.63) is 90.2 Å². The van der Waals surface area contributed by atoms with E-state index < -0.39 is 0 Å². The van der Waals surface area contributed by atoms with E-state index in [1.807, 2.05) is 71.1 Å². The predicted molar refractivity (Wildman–Crippen MR) is 105 cm³/mol. The molecule has 24 heavy (non-hydrogen) atoms. The Bertz CT molecular complexity index is 482. The summed E-state index contributed by atoms with van der Waals surface area (Å²) in [6.07, 6.45) is 10.4. The van der Waals surface area contributed by atoms with Crippen LogP contribution in [0.25, 0.3) is 0 Å². The maximum absolute atomic E-state index is 5.48. The zero-order valence-electron chi connectivity index (χ0n) is 15.2. The van der Waals surface area contributed by atoms with E-state index in [0.717, 1.165) is 0 Å². The molecule has 3 aromatic rings. The number of halogens is 1. The standard InChI is InChI=1S/C6H7N.C5H4ClN.C5H5N.2C2H6/c1-6-3-2-4-7-5-6;6-5-2-1-3-7-4-5;1-2-4-6-5-3-1;2*1-2/h2-5H,1H3;1-4H;1-5H;2*1-2H3. The Balaban J connectivity index is 0. The molecule has 3 heterocycles. The summed E-state index contributed by atoms with van der Waals surface area (Å²) in [5.74, 6) is 0. The van der Waals surface area contributed by atoms with Crippen LogP contribution in [0.2, 0.25) is 5.02 Å². The van der Waals surface area contributed by atoms with Crippen molar-refractivity contribution in [1.29, 1.82) is 0 Å². The van der Waals surface area contributed by atoms with Crippen LogP contribution in [0, 0.1) is 6.92 Å². The van der Waals surface area contributed by atoms with Crippen LogP contribution >= 0.6 is 11.6 Å². The lowest BCUT2D eigenvalue weighted by molar-refractivity contribution is 1.27. The lowest BCUT2D eigenvalue weighted by atomic mass is 10.3. The molecule has 0 spiro atoms. The number of pyridine rings is 3. The van der Waals surface area contributed by atoms with Crippen molar-refractivity contribution in [2.75, 3.05) is 0 Å². The molecule has 0 saturated carbocycles. The molecule has 0 aromatic carbocycles. The average molecular weight is 346 g/mol. The van der Waals surface area contributed by atoms with Crippen molar-refractivity contribution in [2.24, 2.45) is 0 Å². The minimum absolute atomic E-state index is 0.683. The van der Waals surface area contributed by atoms with E-state index in [1.54, 1.807) is 43.1 Å². The van der Waals surface area contributed by atoms with Gasteiger partial charge in [0.2, 0.25) is 0 Å². The maximum atomic E-state index is 5.48. The summed E-state index contributed by atoms with van der Waals surface area (Å²) in [5.41, 5.74) is 1.21. The van der Waals surface area contributed by atoms with E-state index in [0.29, 0.717) is 5.02 Å². The smallest absolute Gasteiger partial charge is 0.0589 e. The normalized spacial score (nSPS) is 7.58. The van der Waals surface area contributed by atoms with Crippen LogP contribution in [0.15, 0.2) is 79.6 Å². The second kappa shape index (κ2) is 20.7. The molecule has 0 N–H and O–H groups in total. The van der Waals surface area contributed by atoms with E-state index in [1.165, 1.54) is 5.56 Å². The number of nitrogens with zero attached hydrogens (tertiary/aromatic N) is 3. The van der Waals surface area contributed by atoms with Crippen LogP contribution in [-0.4, -0.2) is 15.0 Å². The minimum Gasteiger partial charge on any atom is -0.265 e. The highest BCUT2D eigenvalue weighted by atomic mass is 35.5. The molecule has 130 valence electrons. The maximum Gasteiger partial charge on any atom is 0.0589 e. The quantitative estimate of drug-likeness (QED) is 0.482. The molecule has 0 fully saturated rings. The first-order valence-electron chi connectivity index (χ1n) is 8.06. The molecule has 0 unspecified atom stereocenters. The molecule has 0 bridgehead atoms. The highest BCUT2D eigenvalue weighted by Gasteiger charge is 1.76. The molecule has 0 aliphatic carbocycles. The average Bonchev–Trinajstić information content (AvgIpc) is 2.69. The fourth-order valence-corrected chi connectivity index (χ4v) is 1.23. The molecule has 0 aliphatic rings. The van der Waals surface area contributed by atoms with Crippen molar-refractivity contribution in [3.8, 4) is 0 Å². The molecule has 3 aromatic heterocycles. The summed E-state index contributed by atoms with van der Waals surface area (Å²) in [4.78, 5) is 11.4. The van der Waals surface area contributed by atoms with Crippen molar-refractivity contribution >= 4 is 11.6 Å². The first kappa shape index (κ1) is 24.0. The fraction of sp³-hybridized carbons (Fsp3) is 0.250. The van der Waals surface area contributed by atoms with Gasteiger partial charge in [-0.05, 0) is 42.8 Å². The van der Waals surface area contributed by atoms with Gasteiger partial charge >= 0.3 is 0 Å². The van der Waals surface area contributed by atoms with E-state index in [-0.39, 0.29) is 0 Å². The van der Waals surface area contributed by atoms with Crippen LogP contribution in [-0.2, 0) is 0 Å². The van der Waals surface area contributed by atoms with E-state index in [9.17, 15) is 0 Å². The van der Waals surface area contributed by atoms with Gasteiger partial charge in [-0.25, -0.2) is 0 Å². The van der Waals surface area contributed by atoms with Crippen LogP contribution in [0.1, 0.15) is 33.3 Å². The molecule has 0 saturated heterocycles. The Kier molecular flexibility index (Phi) is 20.7. The number of rotatable bonds is 0. The highest BCUT2D eigenvalue weighted by Crippen LogP contribution is 2.01. The van der Waals surface area contributed by atoms with Gasteiger partial charge in [0, 0.05) is 37.2 Å². The second-order valence-corrected chi connectivity index (χ2v) is 4.16. The van der Waals surface area contributed by atoms with Crippen LogP contribution in [0.4, 0.5) is 0 Å². The SMILES string of the molecule is CC.CC.Cc1cccnc1.Clc1cccnc1.c1ccncc1. The van der Waals surface area contributed by atoms with Crippen molar-refractivity contribution in [1.82, 2.24) is 15.0 Å². The largest absolute Gasteiger partial charge is 0.265 e. The first-order chi connectivity index (χ1) is 11.8. The highest BCUT2D eigenvalue weighted by molar-refractivity contribution is 6.30. The lowest BCUT2D eigenvalue weighted by Gasteiger charge is -1.82. The van der Waals surface area contributed by atoms with Crippen LogP contribution < -0.4 is 0 Å². The van der Waals surface area contributed by atoms with Gasteiger partial charge in [0.15, 0.2) is 0 Å². The van der Waals surface area contributed by atoms with Gasteiger partial charge in [-0.2, -0.15) is 0 Å².